The molecule has 0 aliphatic heterocycles. The van der Waals surface area contributed by atoms with E-state index in [-0.39, 0.29) is 0 Å². The Morgan fingerprint density at radius 2 is 2.19 bits per heavy atom. The highest BCUT2D eigenvalue weighted by atomic mass is 32.1. The highest BCUT2D eigenvalue weighted by molar-refractivity contribution is 7.22. The SMILES string of the molecule is COc1cc(OCc2ccnc(Nc3cnn(C)c3)c2)cc2sc(N)nc12. The molecule has 0 atom stereocenters. The van der Waals surface area contributed by atoms with E-state index in [9.17, 15) is 0 Å². The van der Waals surface area contributed by atoms with E-state index in [4.69, 9.17) is 15.2 Å². The molecule has 0 amide bonds. The molecule has 4 rings (SSSR count). The zero-order valence-corrected chi connectivity index (χ0v) is 15.7. The Kier molecular flexibility index (Phi) is 4.51. The first-order valence-electron chi connectivity index (χ1n) is 8.18. The third-order valence-electron chi connectivity index (χ3n) is 3.88. The van der Waals surface area contributed by atoms with Crippen LogP contribution in [0.15, 0.2) is 42.9 Å². The smallest absolute Gasteiger partial charge is 0.181 e. The molecule has 1 aromatic carbocycles. The number of nitrogens with two attached hydrogens (primary N) is 1. The number of nitrogens with zero attached hydrogens (tertiary/aromatic N) is 4. The van der Waals surface area contributed by atoms with Crippen LogP contribution in [0, 0.1) is 0 Å². The minimum absolute atomic E-state index is 0.396. The van der Waals surface area contributed by atoms with Gasteiger partial charge >= 0.3 is 0 Å². The first kappa shape index (κ1) is 17.1. The summed E-state index contributed by atoms with van der Waals surface area (Å²) < 4.78 is 14.0. The number of anilines is 3. The molecule has 0 bridgehead atoms. The van der Waals surface area contributed by atoms with E-state index < -0.39 is 0 Å². The zero-order valence-electron chi connectivity index (χ0n) is 14.8. The minimum Gasteiger partial charge on any atom is -0.494 e. The number of nitrogen functional groups attached to an aromatic ring is 1. The molecule has 3 aromatic heterocycles. The number of nitrogens with one attached hydrogen (secondary N) is 1. The maximum absolute atomic E-state index is 5.95. The van der Waals surface area contributed by atoms with Crippen molar-refractivity contribution >= 4 is 38.2 Å². The molecule has 0 unspecified atom stereocenters. The summed E-state index contributed by atoms with van der Waals surface area (Å²) in [6.07, 6.45) is 5.37. The van der Waals surface area contributed by atoms with Gasteiger partial charge in [0.1, 0.15) is 29.4 Å². The molecular weight excluding hydrogens is 364 g/mol. The average molecular weight is 382 g/mol. The van der Waals surface area contributed by atoms with Crippen molar-refractivity contribution in [3.63, 3.8) is 0 Å². The lowest BCUT2D eigenvalue weighted by Crippen LogP contribution is -1.99. The Morgan fingerprint density at radius 3 is 2.96 bits per heavy atom. The first-order valence-corrected chi connectivity index (χ1v) is 9.00. The molecule has 0 aliphatic carbocycles. The second-order valence-corrected chi connectivity index (χ2v) is 6.95. The zero-order chi connectivity index (χ0) is 18.8. The van der Waals surface area contributed by atoms with E-state index in [0.717, 1.165) is 27.3 Å². The van der Waals surface area contributed by atoms with E-state index in [1.165, 1.54) is 11.3 Å². The molecule has 138 valence electrons. The Hall–Kier alpha value is -3.33. The third-order valence-corrected chi connectivity index (χ3v) is 4.71. The van der Waals surface area contributed by atoms with Crippen molar-refractivity contribution in [3.8, 4) is 11.5 Å². The molecule has 8 nitrogen and oxygen atoms in total. The van der Waals surface area contributed by atoms with Crippen LogP contribution >= 0.6 is 11.3 Å². The Bertz CT molecular complexity index is 1090. The van der Waals surface area contributed by atoms with Crippen LogP contribution in [0.25, 0.3) is 10.2 Å². The number of aryl methyl sites for hydroxylation is 1. The number of ether oxygens (including phenoxy) is 2. The maximum Gasteiger partial charge on any atom is 0.181 e. The maximum atomic E-state index is 5.95. The largest absolute Gasteiger partial charge is 0.494 e. The summed E-state index contributed by atoms with van der Waals surface area (Å²) >= 11 is 1.40. The van der Waals surface area contributed by atoms with Crippen LogP contribution in [-0.2, 0) is 13.7 Å². The molecule has 27 heavy (non-hydrogen) atoms. The van der Waals surface area contributed by atoms with Crippen LogP contribution in [0.3, 0.4) is 0 Å². The normalized spacial score (nSPS) is 10.9. The number of fused-ring (bicyclic) bond motifs is 1. The highest BCUT2D eigenvalue weighted by Crippen LogP contribution is 2.35. The van der Waals surface area contributed by atoms with Gasteiger partial charge in [0, 0.05) is 25.5 Å². The molecule has 0 radical (unpaired) electrons. The molecule has 9 heteroatoms. The van der Waals surface area contributed by atoms with E-state index in [2.05, 4.69) is 20.4 Å². The lowest BCUT2D eigenvalue weighted by atomic mass is 10.2. The van der Waals surface area contributed by atoms with Gasteiger partial charge in [-0.05, 0) is 23.8 Å². The van der Waals surface area contributed by atoms with Gasteiger partial charge in [0.05, 0.1) is 23.7 Å². The number of methoxy groups -OCH3 is 1. The van der Waals surface area contributed by atoms with Gasteiger partial charge in [0.2, 0.25) is 0 Å². The van der Waals surface area contributed by atoms with Gasteiger partial charge in [-0.2, -0.15) is 5.10 Å². The number of rotatable bonds is 6. The van der Waals surface area contributed by atoms with Crippen LogP contribution in [0.1, 0.15) is 5.56 Å². The Labute approximate surface area is 159 Å². The lowest BCUT2D eigenvalue weighted by Gasteiger charge is -2.10. The number of hydrogen-bond donors (Lipinski definition) is 2. The van der Waals surface area contributed by atoms with Crippen molar-refractivity contribution in [2.24, 2.45) is 7.05 Å². The van der Waals surface area contributed by atoms with Crippen molar-refractivity contribution in [3.05, 3.63) is 48.4 Å². The van der Waals surface area contributed by atoms with Crippen LogP contribution < -0.4 is 20.5 Å². The van der Waals surface area contributed by atoms with E-state index in [1.807, 2.05) is 37.5 Å². The summed E-state index contributed by atoms with van der Waals surface area (Å²) in [5.41, 5.74) is 8.41. The molecule has 4 aromatic rings. The number of benzene rings is 1. The highest BCUT2D eigenvalue weighted by Gasteiger charge is 2.11. The third kappa shape index (κ3) is 3.77. The second-order valence-electron chi connectivity index (χ2n) is 5.89. The van der Waals surface area contributed by atoms with Crippen molar-refractivity contribution < 1.29 is 9.47 Å². The van der Waals surface area contributed by atoms with Gasteiger partial charge in [0.25, 0.3) is 0 Å². The van der Waals surface area contributed by atoms with E-state index >= 15 is 0 Å². The quantitative estimate of drug-likeness (QED) is 0.527. The molecule has 0 fully saturated rings. The van der Waals surface area contributed by atoms with Gasteiger partial charge < -0.3 is 20.5 Å². The first-order chi connectivity index (χ1) is 13.1. The second kappa shape index (κ2) is 7.12. The number of thiazole rings is 1. The van der Waals surface area contributed by atoms with Crippen LogP contribution in [0.5, 0.6) is 11.5 Å². The summed E-state index contributed by atoms with van der Waals surface area (Å²) in [5, 5.41) is 7.85. The topological polar surface area (TPSA) is 100 Å². The van der Waals surface area contributed by atoms with Crippen LogP contribution in [0.4, 0.5) is 16.6 Å². The molecule has 3 N–H and O–H groups in total. The predicted molar refractivity (Wildman–Crippen MR) is 106 cm³/mol. The van der Waals surface area contributed by atoms with Crippen molar-refractivity contribution in [1.82, 2.24) is 19.7 Å². The molecule has 0 saturated carbocycles. The van der Waals surface area contributed by atoms with Gasteiger partial charge in [-0.15, -0.1) is 0 Å². The fraction of sp³-hybridized carbons (Fsp3) is 0.167. The molecule has 0 saturated heterocycles. The average Bonchev–Trinajstić information content (AvgIpc) is 3.23. The summed E-state index contributed by atoms with van der Waals surface area (Å²) in [6, 6.07) is 7.58. The molecular formula is C18H18N6O2S. The van der Waals surface area contributed by atoms with Crippen molar-refractivity contribution in [2.45, 2.75) is 6.61 Å². The van der Waals surface area contributed by atoms with Crippen LogP contribution in [-0.4, -0.2) is 26.9 Å². The molecule has 0 spiro atoms. The van der Waals surface area contributed by atoms with Crippen LogP contribution in [0.2, 0.25) is 0 Å². The standard InChI is InChI=1S/C18H18N6O2S/c1-24-9-12(8-21-24)22-16-5-11(3-4-20-16)10-26-13-6-14(25-2)17-15(7-13)27-18(19)23-17/h3-9H,10H2,1-2H3,(H2,19,23)(H,20,22). The summed E-state index contributed by atoms with van der Waals surface area (Å²) in [4.78, 5) is 8.61. The van der Waals surface area contributed by atoms with E-state index in [0.29, 0.717) is 23.2 Å². The summed E-state index contributed by atoms with van der Waals surface area (Å²) in [7, 11) is 3.47. The van der Waals surface area contributed by atoms with Gasteiger partial charge in [-0.3, -0.25) is 4.68 Å². The van der Waals surface area contributed by atoms with Gasteiger partial charge in [0.15, 0.2) is 5.13 Å². The fourth-order valence-electron chi connectivity index (χ4n) is 2.66. The lowest BCUT2D eigenvalue weighted by molar-refractivity contribution is 0.304. The fourth-order valence-corrected chi connectivity index (χ4v) is 3.44. The Morgan fingerprint density at radius 1 is 1.30 bits per heavy atom. The Balaban J connectivity index is 1.50. The van der Waals surface area contributed by atoms with Crippen molar-refractivity contribution in [1.29, 1.82) is 0 Å². The van der Waals surface area contributed by atoms with Gasteiger partial charge in [-0.1, -0.05) is 11.3 Å². The summed E-state index contributed by atoms with van der Waals surface area (Å²) in [5.74, 6) is 2.07. The molecule has 3 heterocycles. The number of pyridine rings is 1. The number of aromatic nitrogens is 4. The number of hydrogen-bond acceptors (Lipinski definition) is 8. The van der Waals surface area contributed by atoms with Gasteiger partial charge in [-0.25, -0.2) is 9.97 Å². The van der Waals surface area contributed by atoms with E-state index in [1.54, 1.807) is 24.2 Å². The monoisotopic (exact) mass is 382 g/mol. The van der Waals surface area contributed by atoms with Crippen molar-refractivity contribution in [2.75, 3.05) is 18.2 Å². The minimum atomic E-state index is 0.396. The molecule has 0 aliphatic rings. The summed E-state index contributed by atoms with van der Waals surface area (Å²) in [6.45, 7) is 0.396. The predicted octanol–water partition coefficient (Wildman–Crippen LogP) is 3.34.